The predicted molar refractivity (Wildman–Crippen MR) is 123 cm³/mol. The average Bonchev–Trinajstić information content (AvgIpc) is 2.67. The Morgan fingerprint density at radius 2 is 1.61 bits per heavy atom. The molecule has 0 unspecified atom stereocenters. The van der Waals surface area contributed by atoms with Crippen molar-refractivity contribution in [1.82, 2.24) is 0 Å². The van der Waals surface area contributed by atoms with Crippen LogP contribution in [0.1, 0.15) is 13.8 Å². The summed E-state index contributed by atoms with van der Waals surface area (Å²) >= 11 is 0. The van der Waals surface area contributed by atoms with Crippen LogP contribution in [0, 0.1) is 0 Å². The highest BCUT2D eigenvalue weighted by atomic mass is 32.2. The van der Waals surface area contributed by atoms with Crippen LogP contribution in [0.3, 0.4) is 0 Å². The fourth-order valence-electron chi connectivity index (χ4n) is 2.88. The molecule has 0 aromatic heterocycles. The summed E-state index contributed by atoms with van der Waals surface area (Å²) in [5.41, 5.74) is 1.02. The van der Waals surface area contributed by atoms with Gasteiger partial charge < -0.3 is 10.1 Å². The van der Waals surface area contributed by atoms with Crippen molar-refractivity contribution in [3.63, 3.8) is 0 Å². The fraction of sp³-hybridized carbons (Fsp3) is 0.350. The Labute approximate surface area is 183 Å². The van der Waals surface area contributed by atoms with Crippen molar-refractivity contribution in [2.75, 3.05) is 40.1 Å². The molecule has 0 spiro atoms. The monoisotopic (exact) mass is 469 g/mol. The largest absolute Gasteiger partial charge is 0.494 e. The zero-order valence-electron chi connectivity index (χ0n) is 18.1. The van der Waals surface area contributed by atoms with Crippen LogP contribution in [0.15, 0.2) is 48.5 Å². The molecule has 31 heavy (non-hydrogen) atoms. The molecule has 0 aliphatic heterocycles. The standard InChI is InChI=1S/C20H27N3O6S2/c1-6-29-19-12-10-17(11-13-19)23(31(5,27)28)15(2)20(24)21-16-8-7-9-18(14-16)22(3)30(4,25)26/h7-15H,6H2,1-5H3,(H,21,24)/t15-/m0/s1. The number of carbonyl (C=O) groups is 1. The van der Waals surface area contributed by atoms with Gasteiger partial charge in [-0.2, -0.15) is 0 Å². The molecule has 0 heterocycles. The first-order valence-electron chi connectivity index (χ1n) is 9.41. The van der Waals surface area contributed by atoms with Crippen molar-refractivity contribution in [3.05, 3.63) is 48.5 Å². The molecule has 1 amide bonds. The lowest BCUT2D eigenvalue weighted by Crippen LogP contribution is -2.45. The van der Waals surface area contributed by atoms with E-state index >= 15 is 0 Å². The maximum atomic E-state index is 12.8. The summed E-state index contributed by atoms with van der Waals surface area (Å²) in [6, 6.07) is 11.6. The molecule has 0 aliphatic rings. The maximum absolute atomic E-state index is 12.8. The smallest absolute Gasteiger partial charge is 0.247 e. The normalized spacial score (nSPS) is 12.7. The first kappa shape index (κ1) is 24.5. The van der Waals surface area contributed by atoms with E-state index in [-0.39, 0.29) is 0 Å². The van der Waals surface area contributed by atoms with Gasteiger partial charge >= 0.3 is 0 Å². The fourth-order valence-corrected chi connectivity index (χ4v) is 4.55. The molecular formula is C20H27N3O6S2. The Kier molecular flexibility index (Phi) is 7.55. The summed E-state index contributed by atoms with van der Waals surface area (Å²) in [6.45, 7) is 3.78. The Hall–Kier alpha value is -2.79. The third-order valence-electron chi connectivity index (χ3n) is 4.47. The quantitative estimate of drug-likeness (QED) is 0.603. The Morgan fingerprint density at radius 1 is 1.00 bits per heavy atom. The zero-order chi connectivity index (χ0) is 23.4. The third kappa shape index (κ3) is 6.34. The summed E-state index contributed by atoms with van der Waals surface area (Å²) in [5.74, 6) is 0.0158. The van der Waals surface area contributed by atoms with Gasteiger partial charge in [-0.3, -0.25) is 13.4 Å². The molecule has 170 valence electrons. The number of anilines is 3. The highest BCUT2D eigenvalue weighted by Gasteiger charge is 2.29. The minimum Gasteiger partial charge on any atom is -0.494 e. The minimum absolute atomic E-state index is 0.319. The number of amides is 1. The van der Waals surface area contributed by atoms with Crippen molar-refractivity contribution < 1.29 is 26.4 Å². The minimum atomic E-state index is -3.78. The lowest BCUT2D eigenvalue weighted by molar-refractivity contribution is -0.116. The van der Waals surface area contributed by atoms with Crippen LogP contribution >= 0.6 is 0 Å². The predicted octanol–water partition coefficient (Wildman–Crippen LogP) is 2.27. The summed E-state index contributed by atoms with van der Waals surface area (Å²) in [7, 11) is -5.85. The van der Waals surface area contributed by atoms with Gasteiger partial charge in [0, 0.05) is 12.7 Å². The average molecular weight is 470 g/mol. The Balaban J connectivity index is 2.28. The van der Waals surface area contributed by atoms with Gasteiger partial charge in [0.25, 0.3) is 0 Å². The second-order valence-electron chi connectivity index (χ2n) is 6.93. The lowest BCUT2D eigenvalue weighted by atomic mass is 10.2. The van der Waals surface area contributed by atoms with E-state index < -0.39 is 32.0 Å². The van der Waals surface area contributed by atoms with Crippen LogP contribution in [-0.4, -0.2) is 55.0 Å². The molecule has 2 rings (SSSR count). The highest BCUT2D eigenvalue weighted by Crippen LogP contribution is 2.25. The van der Waals surface area contributed by atoms with E-state index in [4.69, 9.17) is 4.74 Å². The van der Waals surface area contributed by atoms with Crippen molar-refractivity contribution in [1.29, 1.82) is 0 Å². The molecule has 0 bridgehead atoms. The molecular weight excluding hydrogens is 442 g/mol. The van der Waals surface area contributed by atoms with E-state index in [0.717, 1.165) is 21.1 Å². The van der Waals surface area contributed by atoms with Crippen LogP contribution < -0.4 is 18.7 Å². The molecule has 0 saturated carbocycles. The van der Waals surface area contributed by atoms with E-state index in [1.807, 2.05) is 6.92 Å². The number of rotatable bonds is 9. The number of ether oxygens (including phenoxy) is 1. The number of nitrogens with zero attached hydrogens (tertiary/aromatic N) is 2. The zero-order valence-corrected chi connectivity index (χ0v) is 19.7. The van der Waals surface area contributed by atoms with E-state index in [1.165, 1.54) is 20.0 Å². The van der Waals surface area contributed by atoms with Gasteiger partial charge in [-0.1, -0.05) is 6.07 Å². The van der Waals surface area contributed by atoms with Crippen LogP contribution in [0.5, 0.6) is 5.75 Å². The van der Waals surface area contributed by atoms with E-state index in [9.17, 15) is 21.6 Å². The summed E-state index contributed by atoms with van der Waals surface area (Å²) in [6.07, 6.45) is 2.09. The highest BCUT2D eigenvalue weighted by molar-refractivity contribution is 7.92. The number of nitrogens with one attached hydrogen (secondary N) is 1. The molecule has 2 aromatic rings. The van der Waals surface area contributed by atoms with Crippen LogP contribution in [0.2, 0.25) is 0 Å². The molecule has 1 N–H and O–H groups in total. The van der Waals surface area contributed by atoms with Gasteiger partial charge in [0.2, 0.25) is 26.0 Å². The molecule has 2 aromatic carbocycles. The van der Waals surface area contributed by atoms with Gasteiger partial charge in [-0.15, -0.1) is 0 Å². The lowest BCUT2D eigenvalue weighted by Gasteiger charge is -2.28. The Bertz CT molecular complexity index is 1130. The Morgan fingerprint density at radius 3 is 2.13 bits per heavy atom. The summed E-state index contributed by atoms with van der Waals surface area (Å²) in [5, 5.41) is 2.65. The molecule has 9 nitrogen and oxygen atoms in total. The second kappa shape index (κ2) is 9.56. The van der Waals surface area contributed by atoms with Crippen LogP contribution in [0.4, 0.5) is 17.1 Å². The van der Waals surface area contributed by atoms with Crippen molar-refractivity contribution >= 4 is 43.0 Å². The maximum Gasteiger partial charge on any atom is 0.247 e. The van der Waals surface area contributed by atoms with Crippen molar-refractivity contribution in [3.8, 4) is 5.75 Å². The second-order valence-corrected chi connectivity index (χ2v) is 10.8. The topological polar surface area (TPSA) is 113 Å². The number of benzene rings is 2. The summed E-state index contributed by atoms with van der Waals surface area (Å²) < 4.78 is 55.8. The third-order valence-corrected chi connectivity index (χ3v) is 6.91. The number of sulfonamides is 2. The van der Waals surface area contributed by atoms with Crippen LogP contribution in [0.25, 0.3) is 0 Å². The first-order valence-corrected chi connectivity index (χ1v) is 13.1. The van der Waals surface area contributed by atoms with Gasteiger partial charge in [0.15, 0.2) is 0 Å². The van der Waals surface area contributed by atoms with E-state index in [0.29, 0.717) is 29.4 Å². The van der Waals surface area contributed by atoms with Crippen molar-refractivity contribution in [2.24, 2.45) is 0 Å². The first-order chi connectivity index (χ1) is 14.3. The molecule has 0 saturated heterocycles. The van der Waals surface area contributed by atoms with Gasteiger partial charge in [0.1, 0.15) is 11.8 Å². The van der Waals surface area contributed by atoms with Crippen molar-refractivity contribution in [2.45, 2.75) is 19.9 Å². The molecule has 0 radical (unpaired) electrons. The molecule has 1 atom stereocenters. The molecule has 0 fully saturated rings. The van der Waals surface area contributed by atoms with E-state index in [1.54, 1.807) is 42.5 Å². The summed E-state index contributed by atoms with van der Waals surface area (Å²) in [4.78, 5) is 12.8. The number of hydrogen-bond acceptors (Lipinski definition) is 6. The SMILES string of the molecule is CCOc1ccc(N([C@@H](C)C(=O)Nc2cccc(N(C)S(C)(=O)=O)c2)S(C)(=O)=O)cc1. The van der Waals surface area contributed by atoms with Gasteiger partial charge in [-0.05, 0) is 56.3 Å². The van der Waals surface area contributed by atoms with Gasteiger partial charge in [-0.25, -0.2) is 16.8 Å². The molecule has 0 aliphatic carbocycles. The van der Waals surface area contributed by atoms with Gasteiger partial charge in [0.05, 0.1) is 30.5 Å². The number of carbonyl (C=O) groups excluding carboxylic acids is 1. The number of hydrogen-bond donors (Lipinski definition) is 1. The van der Waals surface area contributed by atoms with Crippen LogP contribution in [-0.2, 0) is 24.8 Å². The molecule has 11 heteroatoms. The van der Waals surface area contributed by atoms with E-state index in [2.05, 4.69) is 5.32 Å².